The Bertz CT molecular complexity index is 955. The van der Waals surface area contributed by atoms with Crippen LogP contribution in [0, 0.1) is 11.8 Å². The second kappa shape index (κ2) is 8.48. The molecule has 33 heavy (non-hydrogen) atoms. The fourth-order valence-electron chi connectivity index (χ4n) is 4.99. The van der Waals surface area contributed by atoms with E-state index in [1.165, 1.54) is 7.11 Å². The summed E-state index contributed by atoms with van der Waals surface area (Å²) in [5, 5.41) is 0. The molecule has 3 fully saturated rings. The smallest absolute Gasteiger partial charge is 0.422 e. The summed E-state index contributed by atoms with van der Waals surface area (Å²) in [7, 11) is 1.52. The lowest BCUT2D eigenvalue weighted by molar-refractivity contribution is -0.136. The average Bonchev–Trinajstić information content (AvgIpc) is 3.30. The predicted octanol–water partition coefficient (Wildman–Crippen LogP) is 4.27. The number of hydrogen-bond acceptors (Lipinski definition) is 6. The van der Waals surface area contributed by atoms with E-state index in [1.54, 1.807) is 11.8 Å². The monoisotopic (exact) mass is 456 g/mol. The van der Waals surface area contributed by atoms with Crippen molar-refractivity contribution in [3.8, 4) is 0 Å². The minimum absolute atomic E-state index is 0.110. The number of benzene rings is 1. The van der Waals surface area contributed by atoms with E-state index in [4.69, 9.17) is 14.2 Å². The maximum Gasteiger partial charge on any atom is 0.422 e. The number of ether oxygens (including phenoxy) is 3. The number of likely N-dealkylation sites (tertiary alicyclic amines) is 1. The van der Waals surface area contributed by atoms with Crippen LogP contribution in [0.15, 0.2) is 42.6 Å². The third-order valence-corrected chi connectivity index (χ3v) is 6.60. The maximum atomic E-state index is 13.4. The highest BCUT2D eigenvalue weighted by Gasteiger charge is 2.58. The number of piperidine rings is 1. The molecule has 178 valence electrons. The molecule has 6 atom stereocenters. The zero-order valence-electron chi connectivity index (χ0n) is 19.8. The number of carbonyl (C=O) groups excluding carboxylic acids is 3. The van der Waals surface area contributed by atoms with E-state index in [1.807, 2.05) is 51.1 Å². The second-order valence-electron chi connectivity index (χ2n) is 10.1. The van der Waals surface area contributed by atoms with Crippen molar-refractivity contribution in [2.45, 2.75) is 70.4 Å². The highest BCUT2D eigenvalue weighted by Crippen LogP contribution is 2.50. The molecular formula is C25H32N2O6. The summed E-state index contributed by atoms with van der Waals surface area (Å²) >= 11 is 0. The summed E-state index contributed by atoms with van der Waals surface area (Å²) in [6.45, 7) is 11.2. The SMILES string of the molecule is C=C1[C@H](c2ccccc2)OC(=O)N1C(=O)[C@H](C)[C@@H](OC)[C@@H]1C[C@@H]2C[C@@H]2N1C(=O)OC(C)(C)C. The molecule has 8 heteroatoms. The molecule has 0 bridgehead atoms. The van der Waals surface area contributed by atoms with Crippen molar-refractivity contribution in [1.29, 1.82) is 0 Å². The highest BCUT2D eigenvalue weighted by molar-refractivity contribution is 5.97. The standard InChI is InChI=1S/C25H32N2O6/c1-14(22(28)26-15(2)21(32-23(26)29)16-10-8-7-9-11-16)20(31-6)19-13-17-12-18(17)27(19)24(30)33-25(3,4)5/h7-11,14,17-21H,2,12-13H2,1,3-6H3/t14-,17+,18+,19+,20-,21-/m1/s1. The highest BCUT2D eigenvalue weighted by atomic mass is 16.6. The van der Waals surface area contributed by atoms with Crippen LogP contribution in [0.5, 0.6) is 0 Å². The van der Waals surface area contributed by atoms with Gasteiger partial charge < -0.3 is 14.2 Å². The molecule has 3 amide bonds. The lowest BCUT2D eigenvalue weighted by Gasteiger charge is -2.37. The average molecular weight is 457 g/mol. The van der Waals surface area contributed by atoms with Gasteiger partial charge in [0.15, 0.2) is 6.10 Å². The molecule has 8 nitrogen and oxygen atoms in total. The van der Waals surface area contributed by atoms with Crippen LogP contribution in [0.3, 0.4) is 0 Å². The van der Waals surface area contributed by atoms with Gasteiger partial charge >= 0.3 is 12.2 Å². The Morgan fingerprint density at radius 1 is 1.18 bits per heavy atom. The van der Waals surface area contributed by atoms with Crippen LogP contribution in [-0.2, 0) is 19.0 Å². The zero-order valence-corrected chi connectivity index (χ0v) is 19.8. The van der Waals surface area contributed by atoms with Crippen LogP contribution >= 0.6 is 0 Å². The Hall–Kier alpha value is -2.87. The van der Waals surface area contributed by atoms with Crippen molar-refractivity contribution < 1.29 is 28.6 Å². The molecule has 0 aromatic heterocycles. The second-order valence-corrected chi connectivity index (χ2v) is 10.1. The van der Waals surface area contributed by atoms with Crippen LogP contribution in [-0.4, -0.2) is 58.8 Å². The molecule has 0 radical (unpaired) electrons. The molecule has 0 unspecified atom stereocenters. The quantitative estimate of drug-likeness (QED) is 0.658. The van der Waals surface area contributed by atoms with Crippen LogP contribution in [0.1, 0.15) is 52.2 Å². The number of nitrogens with zero attached hydrogens (tertiary/aromatic N) is 2. The van der Waals surface area contributed by atoms with E-state index in [0.717, 1.165) is 23.3 Å². The summed E-state index contributed by atoms with van der Waals surface area (Å²) < 4.78 is 16.9. The van der Waals surface area contributed by atoms with Crippen molar-refractivity contribution in [3.63, 3.8) is 0 Å². The number of imide groups is 1. The van der Waals surface area contributed by atoms with Crippen molar-refractivity contribution in [2.75, 3.05) is 7.11 Å². The van der Waals surface area contributed by atoms with E-state index in [2.05, 4.69) is 6.58 Å². The molecule has 0 spiro atoms. The fourth-order valence-corrected chi connectivity index (χ4v) is 4.99. The predicted molar refractivity (Wildman–Crippen MR) is 120 cm³/mol. The van der Waals surface area contributed by atoms with Crippen LogP contribution < -0.4 is 0 Å². The number of carbonyl (C=O) groups is 3. The van der Waals surface area contributed by atoms with Gasteiger partial charge in [0.25, 0.3) is 0 Å². The molecule has 3 aliphatic rings. The van der Waals surface area contributed by atoms with E-state index in [-0.39, 0.29) is 17.8 Å². The Balaban J connectivity index is 1.52. The number of methoxy groups -OCH3 is 1. The number of hydrogen-bond donors (Lipinski definition) is 0. The van der Waals surface area contributed by atoms with Crippen molar-refractivity contribution in [3.05, 3.63) is 48.2 Å². The Kier molecular flexibility index (Phi) is 5.99. The van der Waals surface area contributed by atoms with Gasteiger partial charge in [-0.1, -0.05) is 43.8 Å². The van der Waals surface area contributed by atoms with Gasteiger partial charge in [-0.25, -0.2) is 14.5 Å². The fraction of sp³-hybridized carbons (Fsp3) is 0.560. The van der Waals surface area contributed by atoms with Gasteiger partial charge in [0.1, 0.15) is 5.60 Å². The van der Waals surface area contributed by atoms with Crippen LogP contribution in [0.25, 0.3) is 0 Å². The lowest BCUT2D eigenvalue weighted by Crippen LogP contribution is -2.52. The normalized spacial score (nSPS) is 28.3. The van der Waals surface area contributed by atoms with Gasteiger partial charge in [0.05, 0.1) is 23.8 Å². The minimum atomic E-state index is -0.751. The number of rotatable bonds is 5. The topological polar surface area (TPSA) is 85.4 Å². The van der Waals surface area contributed by atoms with Crippen LogP contribution in [0.2, 0.25) is 0 Å². The first kappa shape index (κ1) is 23.3. The van der Waals surface area contributed by atoms with E-state index in [9.17, 15) is 14.4 Å². The van der Waals surface area contributed by atoms with Gasteiger partial charge in [-0.3, -0.25) is 9.69 Å². The Labute approximate surface area is 194 Å². The molecule has 2 aliphatic heterocycles. The minimum Gasteiger partial charge on any atom is -0.444 e. The van der Waals surface area contributed by atoms with Gasteiger partial charge in [0.2, 0.25) is 5.91 Å². The third kappa shape index (κ3) is 4.36. The largest absolute Gasteiger partial charge is 0.444 e. The first-order valence-electron chi connectivity index (χ1n) is 11.4. The summed E-state index contributed by atoms with van der Waals surface area (Å²) in [5.41, 5.74) is 0.396. The van der Waals surface area contributed by atoms with Gasteiger partial charge in [-0.2, -0.15) is 0 Å². The van der Waals surface area contributed by atoms with Crippen molar-refractivity contribution >= 4 is 18.1 Å². The summed E-state index contributed by atoms with van der Waals surface area (Å²) in [5.74, 6) is -0.780. The summed E-state index contributed by atoms with van der Waals surface area (Å²) in [6, 6.07) is 8.97. The molecule has 2 heterocycles. The number of fused-ring (bicyclic) bond motifs is 1. The lowest BCUT2D eigenvalue weighted by atomic mass is 9.93. The number of amides is 3. The van der Waals surface area contributed by atoms with Gasteiger partial charge in [-0.15, -0.1) is 0 Å². The molecule has 2 saturated heterocycles. The third-order valence-electron chi connectivity index (χ3n) is 6.60. The van der Waals surface area contributed by atoms with Crippen LogP contribution in [0.4, 0.5) is 9.59 Å². The molecule has 1 aromatic rings. The summed E-state index contributed by atoms with van der Waals surface area (Å²) in [6.07, 6.45) is -0.796. The maximum absolute atomic E-state index is 13.4. The van der Waals surface area contributed by atoms with E-state index in [0.29, 0.717) is 5.92 Å². The Morgan fingerprint density at radius 2 is 1.85 bits per heavy atom. The van der Waals surface area contributed by atoms with Crippen molar-refractivity contribution in [1.82, 2.24) is 9.80 Å². The first-order chi connectivity index (χ1) is 15.5. The van der Waals surface area contributed by atoms with E-state index < -0.39 is 41.8 Å². The number of cyclic esters (lactones) is 1. The van der Waals surface area contributed by atoms with E-state index >= 15 is 0 Å². The molecule has 1 aliphatic carbocycles. The first-order valence-corrected chi connectivity index (χ1v) is 11.4. The molecule has 1 saturated carbocycles. The Morgan fingerprint density at radius 3 is 2.45 bits per heavy atom. The summed E-state index contributed by atoms with van der Waals surface area (Å²) in [4.78, 5) is 41.8. The van der Waals surface area contributed by atoms with Crippen molar-refractivity contribution in [2.24, 2.45) is 11.8 Å². The molecule has 0 N–H and O–H groups in total. The van der Waals surface area contributed by atoms with Gasteiger partial charge in [0, 0.05) is 13.2 Å². The molecule has 4 rings (SSSR count). The zero-order chi connectivity index (χ0) is 24.1. The van der Waals surface area contributed by atoms with Gasteiger partial charge in [-0.05, 0) is 45.1 Å². The molecule has 1 aromatic carbocycles. The molecular weight excluding hydrogens is 424 g/mol.